The summed E-state index contributed by atoms with van der Waals surface area (Å²) in [5.74, 6) is -0.886. The first-order valence-corrected chi connectivity index (χ1v) is 11.4. The molecule has 0 fully saturated rings. The topological polar surface area (TPSA) is 110 Å². The standard InChI is InChI=1S/C27H23ClFN3O5/c1-3-36-24-14-17(12-18(15-30)27(34)31-19-8-10-20(35-2)11-9-19)13-21(28)26(24)37-16-25(33)32-23-7-5-4-6-22(23)29/h4-14H,3,16H2,1-2H3,(H,31,34)(H,32,33)/b18-12-. The van der Waals surface area contributed by atoms with E-state index in [9.17, 15) is 19.2 Å². The molecule has 0 bridgehead atoms. The van der Waals surface area contributed by atoms with E-state index in [1.165, 1.54) is 43.5 Å². The Morgan fingerprint density at radius 3 is 2.46 bits per heavy atom. The fourth-order valence-corrected chi connectivity index (χ4v) is 3.42. The molecule has 0 aliphatic rings. The maximum absolute atomic E-state index is 13.8. The number of nitriles is 1. The quantitative estimate of drug-likeness (QED) is 0.270. The summed E-state index contributed by atoms with van der Waals surface area (Å²) in [6.45, 7) is 1.54. The van der Waals surface area contributed by atoms with Crippen molar-refractivity contribution in [2.75, 3.05) is 31.0 Å². The van der Waals surface area contributed by atoms with E-state index in [1.807, 2.05) is 6.07 Å². The summed E-state index contributed by atoms with van der Waals surface area (Å²) in [7, 11) is 1.53. The van der Waals surface area contributed by atoms with Crippen molar-refractivity contribution in [2.45, 2.75) is 6.92 Å². The smallest absolute Gasteiger partial charge is 0.266 e. The van der Waals surface area contributed by atoms with Crippen LogP contribution in [-0.4, -0.2) is 32.1 Å². The van der Waals surface area contributed by atoms with Crippen molar-refractivity contribution >= 4 is 40.9 Å². The van der Waals surface area contributed by atoms with Crippen molar-refractivity contribution in [1.82, 2.24) is 0 Å². The molecular weight excluding hydrogens is 501 g/mol. The Morgan fingerprint density at radius 1 is 1.08 bits per heavy atom. The van der Waals surface area contributed by atoms with E-state index in [0.717, 1.165) is 0 Å². The third-order valence-electron chi connectivity index (χ3n) is 4.85. The van der Waals surface area contributed by atoms with Crippen molar-refractivity contribution in [3.8, 4) is 23.3 Å². The third-order valence-corrected chi connectivity index (χ3v) is 5.13. The van der Waals surface area contributed by atoms with Crippen molar-refractivity contribution in [3.63, 3.8) is 0 Å². The number of para-hydroxylation sites is 1. The van der Waals surface area contributed by atoms with Crippen LogP contribution in [0.25, 0.3) is 6.08 Å². The van der Waals surface area contributed by atoms with Crippen LogP contribution in [0.2, 0.25) is 5.02 Å². The number of rotatable bonds is 10. The van der Waals surface area contributed by atoms with Crippen molar-refractivity contribution in [3.05, 3.63) is 82.6 Å². The van der Waals surface area contributed by atoms with E-state index >= 15 is 0 Å². The highest BCUT2D eigenvalue weighted by atomic mass is 35.5. The van der Waals surface area contributed by atoms with Gasteiger partial charge in [-0.05, 0) is 67.1 Å². The highest BCUT2D eigenvalue weighted by Gasteiger charge is 2.16. The lowest BCUT2D eigenvalue weighted by Crippen LogP contribution is -2.21. The first-order valence-electron chi connectivity index (χ1n) is 11.0. The second-order valence-electron chi connectivity index (χ2n) is 7.43. The minimum atomic E-state index is -0.619. The molecular formula is C27H23ClFN3O5. The summed E-state index contributed by atoms with van der Waals surface area (Å²) in [4.78, 5) is 24.9. The minimum absolute atomic E-state index is 0.0182. The molecule has 8 nitrogen and oxygen atoms in total. The van der Waals surface area contributed by atoms with Gasteiger partial charge < -0.3 is 24.8 Å². The lowest BCUT2D eigenvalue weighted by molar-refractivity contribution is -0.118. The highest BCUT2D eigenvalue weighted by Crippen LogP contribution is 2.37. The highest BCUT2D eigenvalue weighted by molar-refractivity contribution is 6.32. The van der Waals surface area contributed by atoms with Crippen molar-refractivity contribution in [2.24, 2.45) is 0 Å². The van der Waals surface area contributed by atoms with Crippen LogP contribution < -0.4 is 24.8 Å². The number of nitrogens with one attached hydrogen (secondary N) is 2. The minimum Gasteiger partial charge on any atom is -0.497 e. The molecule has 0 spiro atoms. The zero-order valence-corrected chi connectivity index (χ0v) is 20.8. The lowest BCUT2D eigenvalue weighted by atomic mass is 10.1. The average molecular weight is 524 g/mol. The van der Waals surface area contributed by atoms with Crippen LogP contribution in [0.5, 0.6) is 17.2 Å². The predicted octanol–water partition coefficient (Wildman–Crippen LogP) is 5.45. The molecule has 0 heterocycles. The molecule has 3 aromatic rings. The van der Waals surface area contributed by atoms with E-state index in [2.05, 4.69) is 10.6 Å². The summed E-state index contributed by atoms with van der Waals surface area (Å²) >= 11 is 6.38. The molecule has 190 valence electrons. The van der Waals surface area contributed by atoms with E-state index in [1.54, 1.807) is 37.3 Å². The van der Waals surface area contributed by atoms with Gasteiger partial charge in [0.05, 0.1) is 24.4 Å². The number of amides is 2. The monoisotopic (exact) mass is 523 g/mol. The number of anilines is 2. The van der Waals surface area contributed by atoms with Crippen LogP contribution in [-0.2, 0) is 9.59 Å². The molecule has 3 rings (SSSR count). The molecule has 0 atom stereocenters. The van der Waals surface area contributed by atoms with Crippen LogP contribution in [0.4, 0.5) is 15.8 Å². The molecule has 0 aromatic heterocycles. The molecule has 37 heavy (non-hydrogen) atoms. The fourth-order valence-electron chi connectivity index (χ4n) is 3.15. The number of hydrogen-bond donors (Lipinski definition) is 2. The maximum Gasteiger partial charge on any atom is 0.266 e. The Hall–Kier alpha value is -4.55. The SMILES string of the molecule is CCOc1cc(/C=C(/C#N)C(=O)Nc2ccc(OC)cc2)cc(Cl)c1OCC(=O)Nc1ccccc1F. The molecule has 0 saturated heterocycles. The molecule has 0 unspecified atom stereocenters. The van der Waals surface area contributed by atoms with Crippen LogP contribution in [0, 0.1) is 17.1 Å². The predicted molar refractivity (Wildman–Crippen MR) is 138 cm³/mol. The Balaban J connectivity index is 1.76. The number of halogens is 2. The number of nitrogens with zero attached hydrogens (tertiary/aromatic N) is 1. The van der Waals surface area contributed by atoms with Gasteiger partial charge in [-0.3, -0.25) is 9.59 Å². The van der Waals surface area contributed by atoms with E-state index in [4.69, 9.17) is 25.8 Å². The second-order valence-corrected chi connectivity index (χ2v) is 7.84. The Morgan fingerprint density at radius 2 is 1.81 bits per heavy atom. The summed E-state index contributed by atoms with van der Waals surface area (Å²) in [5, 5.41) is 14.7. The van der Waals surface area contributed by atoms with Gasteiger partial charge in [0, 0.05) is 5.69 Å². The summed E-state index contributed by atoms with van der Waals surface area (Å²) < 4.78 is 30.0. The van der Waals surface area contributed by atoms with Gasteiger partial charge in [-0.15, -0.1) is 0 Å². The first-order chi connectivity index (χ1) is 17.8. The largest absolute Gasteiger partial charge is 0.497 e. The van der Waals surface area contributed by atoms with Gasteiger partial charge in [-0.2, -0.15) is 5.26 Å². The van der Waals surface area contributed by atoms with Gasteiger partial charge in [0.1, 0.15) is 23.2 Å². The molecule has 10 heteroatoms. The number of methoxy groups -OCH3 is 1. The second kappa shape index (κ2) is 13.0. The molecule has 2 amide bonds. The van der Waals surface area contributed by atoms with Crippen molar-refractivity contribution in [1.29, 1.82) is 5.26 Å². The number of ether oxygens (including phenoxy) is 3. The normalized spacial score (nSPS) is 10.7. The zero-order chi connectivity index (χ0) is 26.8. The van der Waals surface area contributed by atoms with Gasteiger partial charge in [-0.1, -0.05) is 23.7 Å². The summed E-state index contributed by atoms with van der Waals surface area (Å²) in [6.07, 6.45) is 1.35. The molecule has 0 aliphatic carbocycles. The molecule has 3 aromatic carbocycles. The van der Waals surface area contributed by atoms with Crippen molar-refractivity contribution < 1.29 is 28.2 Å². The Kier molecular flexibility index (Phi) is 9.47. The van der Waals surface area contributed by atoms with Gasteiger partial charge in [0.2, 0.25) is 0 Å². The number of carbonyl (C=O) groups is 2. The maximum atomic E-state index is 13.8. The van der Waals surface area contributed by atoms with Crippen LogP contribution >= 0.6 is 11.6 Å². The van der Waals surface area contributed by atoms with Crippen LogP contribution in [0.1, 0.15) is 12.5 Å². The average Bonchev–Trinajstić information content (AvgIpc) is 2.88. The zero-order valence-electron chi connectivity index (χ0n) is 20.0. The van der Waals surface area contributed by atoms with E-state index in [-0.39, 0.29) is 34.4 Å². The summed E-state index contributed by atoms with van der Waals surface area (Å²) in [6, 6.07) is 17.2. The molecule has 2 N–H and O–H groups in total. The number of hydrogen-bond acceptors (Lipinski definition) is 6. The molecule has 0 saturated carbocycles. The van der Waals surface area contributed by atoms with E-state index < -0.39 is 24.2 Å². The van der Waals surface area contributed by atoms with Gasteiger partial charge in [0.15, 0.2) is 18.1 Å². The Bertz CT molecular complexity index is 1350. The first kappa shape index (κ1) is 27.0. The Labute approximate surface area is 218 Å². The van der Waals surface area contributed by atoms with Gasteiger partial charge in [-0.25, -0.2) is 4.39 Å². The molecule has 0 radical (unpaired) electrons. The van der Waals surface area contributed by atoms with Crippen LogP contribution in [0.15, 0.2) is 66.2 Å². The lowest BCUT2D eigenvalue weighted by Gasteiger charge is -2.15. The molecule has 0 aliphatic heterocycles. The third kappa shape index (κ3) is 7.46. The van der Waals surface area contributed by atoms with Gasteiger partial charge in [0.25, 0.3) is 11.8 Å². The van der Waals surface area contributed by atoms with Crippen LogP contribution in [0.3, 0.4) is 0 Å². The van der Waals surface area contributed by atoms with E-state index in [0.29, 0.717) is 17.0 Å². The summed E-state index contributed by atoms with van der Waals surface area (Å²) in [5.41, 5.74) is 0.729. The number of benzene rings is 3. The van der Waals surface area contributed by atoms with Gasteiger partial charge >= 0.3 is 0 Å². The fraction of sp³-hybridized carbons (Fsp3) is 0.148. The number of carbonyl (C=O) groups excluding carboxylic acids is 2.